The molecule has 3 nitrogen and oxygen atoms in total. The SMILES string of the molecule is C=CCCCCCCCCCN(CC(C)=O)CC(C)=O. The second-order valence-corrected chi connectivity index (χ2v) is 5.67. The number of unbranched alkanes of at least 4 members (excludes halogenated alkanes) is 7. The van der Waals surface area contributed by atoms with Gasteiger partial charge in [0.25, 0.3) is 0 Å². The van der Waals surface area contributed by atoms with E-state index in [1.54, 1.807) is 13.8 Å². The van der Waals surface area contributed by atoms with Crippen molar-refractivity contribution in [2.45, 2.75) is 65.2 Å². The molecule has 0 rings (SSSR count). The largest absolute Gasteiger partial charge is 0.299 e. The van der Waals surface area contributed by atoms with Crippen molar-refractivity contribution in [1.29, 1.82) is 0 Å². The Labute approximate surface area is 124 Å². The van der Waals surface area contributed by atoms with Crippen LogP contribution in [0.5, 0.6) is 0 Å². The predicted molar refractivity (Wildman–Crippen MR) is 84.9 cm³/mol. The average Bonchev–Trinajstić information content (AvgIpc) is 2.35. The molecular formula is C17H31NO2. The number of allylic oxidation sites excluding steroid dienone is 1. The topological polar surface area (TPSA) is 37.4 Å². The molecule has 20 heavy (non-hydrogen) atoms. The number of ketones is 2. The fraction of sp³-hybridized carbons (Fsp3) is 0.765. The minimum atomic E-state index is 0.133. The Morgan fingerprint density at radius 2 is 1.30 bits per heavy atom. The number of hydrogen-bond donors (Lipinski definition) is 0. The molecule has 0 atom stereocenters. The smallest absolute Gasteiger partial charge is 0.143 e. The van der Waals surface area contributed by atoms with Crippen LogP contribution in [0.25, 0.3) is 0 Å². The van der Waals surface area contributed by atoms with E-state index >= 15 is 0 Å². The summed E-state index contributed by atoms with van der Waals surface area (Å²) in [5.41, 5.74) is 0. The van der Waals surface area contributed by atoms with E-state index < -0.39 is 0 Å². The molecule has 0 aromatic carbocycles. The van der Waals surface area contributed by atoms with Gasteiger partial charge >= 0.3 is 0 Å². The van der Waals surface area contributed by atoms with Gasteiger partial charge in [-0.15, -0.1) is 6.58 Å². The average molecular weight is 281 g/mol. The number of Topliss-reactive ketones (excluding diaryl/α,β-unsaturated/α-hetero) is 2. The molecule has 0 bridgehead atoms. The van der Waals surface area contributed by atoms with Gasteiger partial charge in [0.05, 0.1) is 13.1 Å². The molecule has 0 aliphatic rings. The lowest BCUT2D eigenvalue weighted by atomic mass is 10.1. The minimum Gasteiger partial charge on any atom is -0.299 e. The van der Waals surface area contributed by atoms with E-state index in [1.807, 2.05) is 11.0 Å². The molecule has 0 aliphatic heterocycles. The van der Waals surface area contributed by atoms with E-state index in [-0.39, 0.29) is 11.6 Å². The lowest BCUT2D eigenvalue weighted by Crippen LogP contribution is -2.33. The Bertz CT molecular complexity index is 271. The molecular weight excluding hydrogens is 250 g/mol. The zero-order chi connectivity index (χ0) is 15.2. The van der Waals surface area contributed by atoms with Crippen molar-refractivity contribution in [2.75, 3.05) is 19.6 Å². The molecule has 0 aromatic heterocycles. The summed E-state index contributed by atoms with van der Waals surface area (Å²) in [6.07, 6.45) is 11.8. The summed E-state index contributed by atoms with van der Waals surface area (Å²) in [4.78, 5) is 24.2. The molecule has 0 heterocycles. The summed E-state index contributed by atoms with van der Waals surface area (Å²) in [6.45, 7) is 8.55. The molecule has 0 spiro atoms. The summed E-state index contributed by atoms with van der Waals surface area (Å²) in [5.74, 6) is 0.266. The van der Waals surface area contributed by atoms with Crippen molar-refractivity contribution in [3.05, 3.63) is 12.7 Å². The zero-order valence-electron chi connectivity index (χ0n) is 13.3. The highest BCUT2D eigenvalue weighted by Gasteiger charge is 2.09. The van der Waals surface area contributed by atoms with Crippen LogP contribution in [0.1, 0.15) is 65.2 Å². The molecule has 0 aromatic rings. The van der Waals surface area contributed by atoms with Gasteiger partial charge in [-0.25, -0.2) is 0 Å². The number of nitrogens with zero attached hydrogens (tertiary/aromatic N) is 1. The number of hydrogen-bond acceptors (Lipinski definition) is 3. The van der Waals surface area contributed by atoms with Gasteiger partial charge in [-0.3, -0.25) is 14.5 Å². The van der Waals surface area contributed by atoms with Crippen LogP contribution in [-0.4, -0.2) is 36.1 Å². The number of carbonyl (C=O) groups excluding carboxylic acids is 2. The van der Waals surface area contributed by atoms with Gasteiger partial charge in [-0.1, -0.05) is 38.2 Å². The van der Waals surface area contributed by atoms with Gasteiger partial charge in [0.2, 0.25) is 0 Å². The third-order valence-corrected chi connectivity index (χ3v) is 3.28. The van der Waals surface area contributed by atoms with Crippen LogP contribution in [-0.2, 0) is 9.59 Å². The highest BCUT2D eigenvalue weighted by molar-refractivity contribution is 5.80. The molecule has 0 N–H and O–H groups in total. The van der Waals surface area contributed by atoms with Crippen molar-refractivity contribution in [3.8, 4) is 0 Å². The Hall–Kier alpha value is -0.960. The fourth-order valence-electron chi connectivity index (χ4n) is 2.35. The van der Waals surface area contributed by atoms with E-state index in [2.05, 4.69) is 6.58 Å². The van der Waals surface area contributed by atoms with Crippen LogP contribution in [0.2, 0.25) is 0 Å². The first-order chi connectivity index (χ1) is 9.56. The Kier molecular flexibility index (Phi) is 12.4. The van der Waals surface area contributed by atoms with E-state index in [1.165, 1.54) is 38.5 Å². The van der Waals surface area contributed by atoms with Crippen LogP contribution < -0.4 is 0 Å². The second-order valence-electron chi connectivity index (χ2n) is 5.67. The van der Waals surface area contributed by atoms with Crippen LogP contribution >= 0.6 is 0 Å². The van der Waals surface area contributed by atoms with Crippen molar-refractivity contribution >= 4 is 11.6 Å². The first kappa shape index (κ1) is 19.0. The van der Waals surface area contributed by atoms with Crippen LogP contribution in [0.3, 0.4) is 0 Å². The van der Waals surface area contributed by atoms with Gasteiger partial charge in [-0.2, -0.15) is 0 Å². The third kappa shape index (κ3) is 13.5. The predicted octanol–water partition coefficient (Wildman–Crippen LogP) is 3.77. The molecule has 0 saturated carbocycles. The van der Waals surface area contributed by atoms with Crippen LogP contribution in [0, 0.1) is 0 Å². The maximum Gasteiger partial charge on any atom is 0.143 e. The molecule has 0 unspecified atom stereocenters. The molecule has 3 heteroatoms. The molecule has 0 fully saturated rings. The van der Waals surface area contributed by atoms with E-state index in [0.29, 0.717) is 13.1 Å². The Morgan fingerprint density at radius 1 is 0.850 bits per heavy atom. The number of carbonyl (C=O) groups is 2. The summed E-state index contributed by atoms with van der Waals surface area (Å²) < 4.78 is 0. The van der Waals surface area contributed by atoms with Gasteiger partial charge in [0.1, 0.15) is 11.6 Å². The van der Waals surface area contributed by atoms with Gasteiger partial charge in [0, 0.05) is 0 Å². The van der Waals surface area contributed by atoms with E-state index in [0.717, 1.165) is 19.4 Å². The van der Waals surface area contributed by atoms with E-state index in [9.17, 15) is 9.59 Å². The van der Waals surface area contributed by atoms with Gasteiger partial charge in [-0.05, 0) is 39.7 Å². The lowest BCUT2D eigenvalue weighted by Gasteiger charge is -2.19. The summed E-state index contributed by atoms with van der Waals surface area (Å²) in [6, 6.07) is 0. The second kappa shape index (κ2) is 13.0. The highest BCUT2D eigenvalue weighted by Crippen LogP contribution is 2.09. The zero-order valence-corrected chi connectivity index (χ0v) is 13.3. The fourth-order valence-corrected chi connectivity index (χ4v) is 2.35. The lowest BCUT2D eigenvalue weighted by molar-refractivity contribution is -0.120. The maximum atomic E-state index is 11.1. The molecule has 116 valence electrons. The van der Waals surface area contributed by atoms with Crippen LogP contribution in [0.15, 0.2) is 12.7 Å². The first-order valence-corrected chi connectivity index (χ1v) is 7.88. The molecule has 0 radical (unpaired) electrons. The molecule has 0 amide bonds. The van der Waals surface area contributed by atoms with Crippen molar-refractivity contribution in [3.63, 3.8) is 0 Å². The van der Waals surface area contributed by atoms with Gasteiger partial charge in [0.15, 0.2) is 0 Å². The van der Waals surface area contributed by atoms with Gasteiger partial charge < -0.3 is 0 Å². The normalized spacial score (nSPS) is 10.8. The molecule has 0 saturated heterocycles. The first-order valence-electron chi connectivity index (χ1n) is 7.88. The quantitative estimate of drug-likeness (QED) is 0.359. The van der Waals surface area contributed by atoms with Crippen molar-refractivity contribution < 1.29 is 9.59 Å². The summed E-state index contributed by atoms with van der Waals surface area (Å²) in [5, 5.41) is 0. The summed E-state index contributed by atoms with van der Waals surface area (Å²) in [7, 11) is 0. The van der Waals surface area contributed by atoms with Crippen molar-refractivity contribution in [1.82, 2.24) is 4.90 Å². The number of rotatable bonds is 14. The standard InChI is InChI=1S/C17H31NO2/c1-4-5-6-7-8-9-10-11-12-13-18(14-16(2)19)15-17(3)20/h4H,1,5-15H2,2-3H3. The highest BCUT2D eigenvalue weighted by atomic mass is 16.1. The maximum absolute atomic E-state index is 11.1. The third-order valence-electron chi connectivity index (χ3n) is 3.28. The molecule has 0 aliphatic carbocycles. The minimum absolute atomic E-state index is 0.133. The summed E-state index contributed by atoms with van der Waals surface area (Å²) >= 11 is 0. The van der Waals surface area contributed by atoms with E-state index in [4.69, 9.17) is 0 Å². The van der Waals surface area contributed by atoms with Crippen LogP contribution in [0.4, 0.5) is 0 Å². The Morgan fingerprint density at radius 3 is 1.75 bits per heavy atom. The van der Waals surface area contributed by atoms with Crippen molar-refractivity contribution in [2.24, 2.45) is 0 Å². The monoisotopic (exact) mass is 281 g/mol. The Balaban J connectivity index is 3.55.